The molecule has 1 atom stereocenters. The van der Waals surface area contributed by atoms with Gasteiger partial charge in [-0.3, -0.25) is 9.48 Å². The molecular weight excluding hydrogens is 288 g/mol. The molecule has 3 rings (SSSR count). The highest BCUT2D eigenvalue weighted by Crippen LogP contribution is 2.19. The molecule has 1 amide bonds. The van der Waals surface area contributed by atoms with E-state index in [-0.39, 0.29) is 17.9 Å². The molecule has 0 bridgehead atoms. The van der Waals surface area contributed by atoms with Gasteiger partial charge in [-0.2, -0.15) is 5.10 Å². The molecule has 1 heterocycles. The molecule has 0 saturated heterocycles. The highest BCUT2D eigenvalue weighted by molar-refractivity contribution is 6.07. The van der Waals surface area contributed by atoms with Crippen molar-refractivity contribution < 1.29 is 4.79 Å². The third kappa shape index (κ3) is 3.39. The number of hydrogen-bond acceptors (Lipinski definition) is 3. The minimum atomic E-state index is -0.0550. The first-order chi connectivity index (χ1) is 11.1. The lowest BCUT2D eigenvalue weighted by atomic mass is 10.0. The third-order valence-electron chi connectivity index (χ3n) is 4.01. The lowest BCUT2D eigenvalue weighted by molar-refractivity contribution is 0.0921. The Balaban J connectivity index is 1.83. The summed E-state index contributed by atoms with van der Waals surface area (Å²) in [5.74, 6) is 0.235. The Bertz CT molecular complexity index is 790. The zero-order valence-corrected chi connectivity index (χ0v) is 13.3. The first kappa shape index (κ1) is 15.2. The topological polar surface area (TPSA) is 59.8 Å². The molecule has 0 spiro atoms. The Morgan fingerprint density at radius 3 is 2.70 bits per heavy atom. The quantitative estimate of drug-likeness (QED) is 0.788. The van der Waals surface area contributed by atoms with Crippen LogP contribution in [0.25, 0.3) is 10.8 Å². The highest BCUT2D eigenvalue weighted by atomic mass is 16.1. The second-order valence-corrected chi connectivity index (χ2v) is 5.97. The van der Waals surface area contributed by atoms with Crippen LogP contribution in [0.1, 0.15) is 24.2 Å². The fraction of sp³-hybridized carbons (Fsp3) is 0.278. The van der Waals surface area contributed by atoms with Gasteiger partial charge in [0, 0.05) is 5.56 Å². The van der Waals surface area contributed by atoms with Crippen molar-refractivity contribution in [1.29, 1.82) is 0 Å². The average Bonchev–Trinajstić information content (AvgIpc) is 3.06. The number of nitrogens with zero attached hydrogens (tertiary/aromatic N) is 3. The van der Waals surface area contributed by atoms with Gasteiger partial charge in [0.1, 0.15) is 12.7 Å². The summed E-state index contributed by atoms with van der Waals surface area (Å²) in [5.41, 5.74) is 0.701. The van der Waals surface area contributed by atoms with Gasteiger partial charge < -0.3 is 5.32 Å². The van der Waals surface area contributed by atoms with Gasteiger partial charge in [0.15, 0.2) is 0 Å². The van der Waals surface area contributed by atoms with E-state index in [0.29, 0.717) is 12.1 Å². The molecule has 1 aromatic heterocycles. The standard InChI is InChI=1S/C18H20N4O/c1-13(2)17(10-22-12-19-11-20-22)21-18(23)16-9-5-7-14-6-3-4-8-15(14)16/h3-9,11-13,17H,10H2,1-2H3,(H,21,23). The molecule has 2 aromatic carbocycles. The predicted octanol–water partition coefficient (Wildman–Crippen LogP) is 2.89. The van der Waals surface area contributed by atoms with Crippen LogP contribution < -0.4 is 5.32 Å². The lowest BCUT2D eigenvalue weighted by Crippen LogP contribution is -2.41. The molecule has 3 aromatic rings. The van der Waals surface area contributed by atoms with Gasteiger partial charge in [-0.1, -0.05) is 50.2 Å². The van der Waals surface area contributed by atoms with Crippen LogP contribution in [0.15, 0.2) is 55.1 Å². The molecule has 23 heavy (non-hydrogen) atoms. The minimum absolute atomic E-state index is 0.0110. The second kappa shape index (κ2) is 6.60. The molecule has 5 heteroatoms. The number of fused-ring (bicyclic) bond motifs is 1. The smallest absolute Gasteiger partial charge is 0.252 e. The van der Waals surface area contributed by atoms with Gasteiger partial charge >= 0.3 is 0 Å². The first-order valence-electron chi connectivity index (χ1n) is 7.76. The summed E-state index contributed by atoms with van der Waals surface area (Å²) in [6.45, 7) is 4.78. The summed E-state index contributed by atoms with van der Waals surface area (Å²) < 4.78 is 1.74. The Labute approximate surface area is 135 Å². The molecular formula is C18H20N4O. The maximum atomic E-state index is 12.7. The van der Waals surface area contributed by atoms with E-state index in [1.165, 1.54) is 6.33 Å². The van der Waals surface area contributed by atoms with E-state index in [9.17, 15) is 4.79 Å². The van der Waals surface area contributed by atoms with Gasteiger partial charge in [0.2, 0.25) is 0 Å². The monoisotopic (exact) mass is 308 g/mol. The number of hydrogen-bond donors (Lipinski definition) is 1. The van der Waals surface area contributed by atoms with Crippen molar-refractivity contribution >= 4 is 16.7 Å². The number of benzene rings is 2. The van der Waals surface area contributed by atoms with Crippen LogP contribution in [0.3, 0.4) is 0 Å². The number of aromatic nitrogens is 3. The summed E-state index contributed by atoms with van der Waals surface area (Å²) in [5, 5.41) is 9.29. The van der Waals surface area contributed by atoms with Crippen LogP contribution >= 0.6 is 0 Å². The maximum Gasteiger partial charge on any atom is 0.252 e. The van der Waals surface area contributed by atoms with E-state index in [0.717, 1.165) is 10.8 Å². The Morgan fingerprint density at radius 1 is 1.17 bits per heavy atom. The molecule has 0 radical (unpaired) electrons. The van der Waals surface area contributed by atoms with Crippen LogP contribution in [-0.4, -0.2) is 26.7 Å². The van der Waals surface area contributed by atoms with Crippen LogP contribution in [-0.2, 0) is 6.54 Å². The van der Waals surface area contributed by atoms with Crippen molar-refractivity contribution in [3.8, 4) is 0 Å². The van der Waals surface area contributed by atoms with Gasteiger partial charge in [0.25, 0.3) is 5.91 Å². The SMILES string of the molecule is CC(C)C(Cn1cncn1)NC(=O)c1cccc2ccccc12. The molecule has 0 aliphatic carbocycles. The maximum absolute atomic E-state index is 12.7. The van der Waals surface area contributed by atoms with Crippen molar-refractivity contribution in [2.75, 3.05) is 0 Å². The Morgan fingerprint density at radius 2 is 1.96 bits per heavy atom. The Kier molecular flexibility index (Phi) is 4.37. The molecule has 1 N–H and O–H groups in total. The summed E-state index contributed by atoms with van der Waals surface area (Å²) in [7, 11) is 0. The summed E-state index contributed by atoms with van der Waals surface area (Å²) in [4.78, 5) is 16.7. The van der Waals surface area contributed by atoms with E-state index < -0.39 is 0 Å². The van der Waals surface area contributed by atoms with Crippen LogP contribution in [0.2, 0.25) is 0 Å². The number of carbonyl (C=O) groups is 1. The van der Waals surface area contributed by atoms with Crippen molar-refractivity contribution in [2.45, 2.75) is 26.4 Å². The minimum Gasteiger partial charge on any atom is -0.347 e. The largest absolute Gasteiger partial charge is 0.347 e. The summed E-state index contributed by atoms with van der Waals surface area (Å²) in [6.07, 6.45) is 3.17. The number of nitrogens with one attached hydrogen (secondary N) is 1. The summed E-state index contributed by atoms with van der Waals surface area (Å²) in [6, 6.07) is 13.7. The molecule has 1 unspecified atom stereocenters. The fourth-order valence-electron chi connectivity index (χ4n) is 2.62. The van der Waals surface area contributed by atoms with Crippen LogP contribution in [0.4, 0.5) is 0 Å². The van der Waals surface area contributed by atoms with Crippen LogP contribution in [0, 0.1) is 5.92 Å². The van der Waals surface area contributed by atoms with E-state index in [4.69, 9.17) is 0 Å². The zero-order valence-electron chi connectivity index (χ0n) is 13.3. The van der Waals surface area contributed by atoms with Crippen molar-refractivity contribution in [1.82, 2.24) is 20.1 Å². The molecule has 0 aliphatic heterocycles. The molecule has 5 nitrogen and oxygen atoms in total. The lowest BCUT2D eigenvalue weighted by Gasteiger charge is -2.22. The van der Waals surface area contributed by atoms with E-state index in [2.05, 4.69) is 29.2 Å². The molecule has 118 valence electrons. The van der Waals surface area contributed by atoms with Crippen molar-refractivity contribution in [3.63, 3.8) is 0 Å². The Hall–Kier alpha value is -2.69. The van der Waals surface area contributed by atoms with Crippen molar-refractivity contribution in [3.05, 3.63) is 60.7 Å². The third-order valence-corrected chi connectivity index (χ3v) is 4.01. The first-order valence-corrected chi connectivity index (χ1v) is 7.76. The predicted molar refractivity (Wildman–Crippen MR) is 90.1 cm³/mol. The summed E-state index contributed by atoms with van der Waals surface area (Å²) >= 11 is 0. The highest BCUT2D eigenvalue weighted by Gasteiger charge is 2.19. The van der Waals surface area contributed by atoms with E-state index in [1.54, 1.807) is 11.0 Å². The van der Waals surface area contributed by atoms with Gasteiger partial charge in [-0.15, -0.1) is 0 Å². The van der Waals surface area contributed by atoms with Crippen molar-refractivity contribution in [2.24, 2.45) is 5.92 Å². The van der Waals surface area contributed by atoms with Gasteiger partial charge in [0.05, 0.1) is 12.6 Å². The van der Waals surface area contributed by atoms with Gasteiger partial charge in [-0.05, 0) is 22.8 Å². The van der Waals surface area contributed by atoms with E-state index in [1.807, 2.05) is 42.5 Å². The molecule has 0 fully saturated rings. The molecule has 0 aliphatic rings. The normalized spacial score (nSPS) is 12.5. The van der Waals surface area contributed by atoms with E-state index >= 15 is 0 Å². The van der Waals surface area contributed by atoms with Gasteiger partial charge in [-0.25, -0.2) is 4.98 Å². The second-order valence-electron chi connectivity index (χ2n) is 5.97. The van der Waals surface area contributed by atoms with Crippen LogP contribution in [0.5, 0.6) is 0 Å². The molecule has 0 saturated carbocycles. The number of carbonyl (C=O) groups excluding carboxylic acids is 1. The number of rotatable bonds is 5. The fourth-order valence-corrected chi connectivity index (χ4v) is 2.62. The average molecular weight is 308 g/mol. The number of amides is 1. The zero-order chi connectivity index (χ0) is 16.2.